The van der Waals surface area contributed by atoms with E-state index in [1.165, 1.54) is 16.2 Å². The second-order valence-electron chi connectivity index (χ2n) is 3.97. The molecule has 0 saturated carbocycles. The van der Waals surface area contributed by atoms with Crippen LogP contribution < -0.4 is 5.32 Å². The molecule has 4 nitrogen and oxygen atoms in total. The SMILES string of the molecule is C=CCN1C(=O)C(=Cc2ccc(C)s2)C(=O)NC1=S. The molecule has 0 aromatic carbocycles. The van der Waals surface area contributed by atoms with Gasteiger partial charge < -0.3 is 0 Å². The maximum atomic E-state index is 12.2. The zero-order chi connectivity index (χ0) is 14.0. The average molecular weight is 292 g/mol. The Morgan fingerprint density at radius 1 is 1.47 bits per heavy atom. The highest BCUT2D eigenvalue weighted by molar-refractivity contribution is 7.80. The van der Waals surface area contributed by atoms with Crippen LogP contribution in [0.2, 0.25) is 0 Å². The van der Waals surface area contributed by atoms with Crippen molar-refractivity contribution < 1.29 is 9.59 Å². The molecule has 1 aromatic heterocycles. The summed E-state index contributed by atoms with van der Waals surface area (Å²) in [6.07, 6.45) is 3.15. The zero-order valence-electron chi connectivity index (χ0n) is 10.3. The van der Waals surface area contributed by atoms with E-state index in [2.05, 4.69) is 11.9 Å². The van der Waals surface area contributed by atoms with Crippen LogP contribution in [0.3, 0.4) is 0 Å². The van der Waals surface area contributed by atoms with Gasteiger partial charge in [0.2, 0.25) is 0 Å². The molecule has 0 unspecified atom stereocenters. The lowest BCUT2D eigenvalue weighted by Crippen LogP contribution is -2.53. The van der Waals surface area contributed by atoms with Crippen molar-refractivity contribution in [2.75, 3.05) is 6.54 Å². The molecule has 98 valence electrons. The third kappa shape index (κ3) is 2.80. The third-order valence-corrected chi connectivity index (χ3v) is 3.82. The van der Waals surface area contributed by atoms with Crippen LogP contribution in [0.5, 0.6) is 0 Å². The molecule has 1 saturated heterocycles. The fraction of sp³-hybridized carbons (Fsp3) is 0.154. The van der Waals surface area contributed by atoms with Crippen LogP contribution in [0.15, 0.2) is 30.4 Å². The van der Waals surface area contributed by atoms with Crippen molar-refractivity contribution in [3.8, 4) is 0 Å². The van der Waals surface area contributed by atoms with Crippen molar-refractivity contribution in [1.29, 1.82) is 0 Å². The van der Waals surface area contributed by atoms with Gasteiger partial charge in [-0.3, -0.25) is 19.8 Å². The van der Waals surface area contributed by atoms with E-state index in [-0.39, 0.29) is 23.1 Å². The average Bonchev–Trinajstić information content (AvgIpc) is 2.76. The molecule has 2 heterocycles. The van der Waals surface area contributed by atoms with Gasteiger partial charge >= 0.3 is 0 Å². The molecule has 1 aliphatic heterocycles. The fourth-order valence-electron chi connectivity index (χ4n) is 1.66. The van der Waals surface area contributed by atoms with Gasteiger partial charge in [-0.05, 0) is 37.4 Å². The van der Waals surface area contributed by atoms with E-state index < -0.39 is 5.91 Å². The number of aryl methyl sites for hydroxylation is 1. The Bertz CT molecular complexity index is 602. The summed E-state index contributed by atoms with van der Waals surface area (Å²) in [5.41, 5.74) is 0.0947. The van der Waals surface area contributed by atoms with Gasteiger partial charge in [-0.15, -0.1) is 17.9 Å². The number of nitrogens with zero attached hydrogens (tertiary/aromatic N) is 1. The molecule has 0 aliphatic carbocycles. The van der Waals surface area contributed by atoms with Crippen molar-refractivity contribution in [3.05, 3.63) is 40.1 Å². The normalized spacial score (nSPS) is 17.8. The maximum Gasteiger partial charge on any atom is 0.265 e. The first kappa shape index (κ1) is 13.6. The summed E-state index contributed by atoms with van der Waals surface area (Å²) >= 11 is 6.49. The summed E-state index contributed by atoms with van der Waals surface area (Å²) in [5.74, 6) is -0.846. The van der Waals surface area contributed by atoms with Gasteiger partial charge in [0.05, 0.1) is 0 Å². The summed E-state index contributed by atoms with van der Waals surface area (Å²) in [4.78, 5) is 27.4. The van der Waals surface area contributed by atoms with Gasteiger partial charge in [-0.2, -0.15) is 0 Å². The highest BCUT2D eigenvalue weighted by Crippen LogP contribution is 2.20. The minimum absolute atomic E-state index is 0.0947. The Morgan fingerprint density at radius 3 is 2.79 bits per heavy atom. The van der Waals surface area contributed by atoms with Crippen LogP contribution >= 0.6 is 23.6 Å². The fourth-order valence-corrected chi connectivity index (χ4v) is 2.73. The highest BCUT2D eigenvalue weighted by atomic mass is 32.1. The van der Waals surface area contributed by atoms with Crippen molar-refractivity contribution >= 4 is 46.6 Å². The van der Waals surface area contributed by atoms with Gasteiger partial charge in [-0.1, -0.05) is 6.08 Å². The lowest BCUT2D eigenvalue weighted by molar-refractivity contribution is -0.128. The molecule has 1 N–H and O–H groups in total. The zero-order valence-corrected chi connectivity index (χ0v) is 11.9. The van der Waals surface area contributed by atoms with E-state index in [4.69, 9.17) is 12.2 Å². The van der Waals surface area contributed by atoms with E-state index in [0.29, 0.717) is 0 Å². The molecule has 0 spiro atoms. The van der Waals surface area contributed by atoms with Gasteiger partial charge in [0.1, 0.15) is 5.57 Å². The monoisotopic (exact) mass is 292 g/mol. The number of thiocarbonyl (C=S) groups is 1. The molecule has 19 heavy (non-hydrogen) atoms. The highest BCUT2D eigenvalue weighted by Gasteiger charge is 2.32. The van der Waals surface area contributed by atoms with Crippen LogP contribution in [0.4, 0.5) is 0 Å². The molecule has 0 bridgehead atoms. The number of rotatable bonds is 3. The Kier molecular flexibility index (Phi) is 3.92. The van der Waals surface area contributed by atoms with Crippen LogP contribution in [0.25, 0.3) is 6.08 Å². The molecule has 2 rings (SSSR count). The summed E-state index contributed by atoms with van der Waals surface area (Å²) in [7, 11) is 0. The van der Waals surface area contributed by atoms with Crippen LogP contribution in [-0.4, -0.2) is 28.4 Å². The molecule has 1 aromatic rings. The quantitative estimate of drug-likeness (QED) is 0.400. The van der Waals surface area contributed by atoms with Gasteiger partial charge in [0, 0.05) is 16.3 Å². The molecule has 1 fully saturated rings. The van der Waals surface area contributed by atoms with Crippen molar-refractivity contribution in [2.45, 2.75) is 6.92 Å². The first-order valence-corrected chi connectivity index (χ1v) is 6.81. The lowest BCUT2D eigenvalue weighted by atomic mass is 10.1. The number of carbonyl (C=O) groups is 2. The van der Waals surface area contributed by atoms with E-state index in [0.717, 1.165) is 9.75 Å². The first-order valence-electron chi connectivity index (χ1n) is 5.59. The number of hydrogen-bond acceptors (Lipinski definition) is 4. The number of carbonyl (C=O) groups excluding carboxylic acids is 2. The topological polar surface area (TPSA) is 49.4 Å². The standard InChI is InChI=1S/C13H12N2O2S2/c1-3-6-15-12(17)10(11(16)14-13(15)18)7-9-5-4-8(2)19-9/h3-5,7H,1,6H2,2H3,(H,14,16,18). The summed E-state index contributed by atoms with van der Waals surface area (Å²) < 4.78 is 0. The Balaban J connectivity index is 2.35. The molecule has 6 heteroatoms. The van der Waals surface area contributed by atoms with Crippen LogP contribution in [-0.2, 0) is 9.59 Å². The largest absolute Gasteiger partial charge is 0.298 e. The molecule has 2 amide bonds. The number of thiophene rings is 1. The van der Waals surface area contributed by atoms with Crippen molar-refractivity contribution in [1.82, 2.24) is 10.2 Å². The number of nitrogens with one attached hydrogen (secondary N) is 1. The first-order chi connectivity index (χ1) is 9.02. The molecule has 1 aliphatic rings. The van der Waals surface area contributed by atoms with Crippen molar-refractivity contribution in [2.24, 2.45) is 0 Å². The molecule has 0 atom stereocenters. The second kappa shape index (κ2) is 5.46. The van der Waals surface area contributed by atoms with E-state index >= 15 is 0 Å². The number of amides is 2. The molecule has 0 radical (unpaired) electrons. The van der Waals surface area contributed by atoms with E-state index in [1.54, 1.807) is 12.2 Å². The summed E-state index contributed by atoms with van der Waals surface area (Å²) in [6.45, 7) is 5.81. The van der Waals surface area contributed by atoms with Gasteiger partial charge in [0.15, 0.2) is 5.11 Å². The van der Waals surface area contributed by atoms with Crippen LogP contribution in [0.1, 0.15) is 9.75 Å². The van der Waals surface area contributed by atoms with Crippen LogP contribution in [0, 0.1) is 6.92 Å². The Morgan fingerprint density at radius 2 is 2.21 bits per heavy atom. The second-order valence-corrected chi connectivity index (χ2v) is 5.68. The predicted molar refractivity (Wildman–Crippen MR) is 79.7 cm³/mol. The predicted octanol–water partition coefficient (Wildman–Crippen LogP) is 1.87. The maximum absolute atomic E-state index is 12.2. The molecular formula is C13H12N2O2S2. The van der Waals surface area contributed by atoms with E-state index in [9.17, 15) is 9.59 Å². The summed E-state index contributed by atoms with van der Waals surface area (Å²) in [5, 5.41) is 2.63. The number of hydrogen-bond donors (Lipinski definition) is 1. The summed E-state index contributed by atoms with van der Waals surface area (Å²) in [6, 6.07) is 3.81. The lowest BCUT2D eigenvalue weighted by Gasteiger charge is -2.27. The molecular weight excluding hydrogens is 280 g/mol. The Hall–Kier alpha value is -1.79. The third-order valence-electron chi connectivity index (χ3n) is 2.55. The smallest absolute Gasteiger partial charge is 0.265 e. The van der Waals surface area contributed by atoms with E-state index in [1.807, 2.05) is 19.1 Å². The van der Waals surface area contributed by atoms with Crippen molar-refractivity contribution in [3.63, 3.8) is 0 Å². The minimum Gasteiger partial charge on any atom is -0.298 e. The van der Waals surface area contributed by atoms with Gasteiger partial charge in [0.25, 0.3) is 11.8 Å². The van der Waals surface area contributed by atoms with Gasteiger partial charge in [-0.25, -0.2) is 0 Å². The minimum atomic E-state index is -0.457. The Labute approximate surface area is 120 Å².